The fourth-order valence-corrected chi connectivity index (χ4v) is 2.38. The lowest BCUT2D eigenvalue weighted by atomic mass is 10.1. The van der Waals surface area contributed by atoms with E-state index in [0.717, 1.165) is 11.6 Å². The summed E-state index contributed by atoms with van der Waals surface area (Å²) in [6.07, 6.45) is -4.51. The highest BCUT2D eigenvalue weighted by Crippen LogP contribution is 2.32. The number of aromatic amines is 1. The third-order valence-corrected chi connectivity index (χ3v) is 3.33. The van der Waals surface area contributed by atoms with E-state index in [0.29, 0.717) is 10.9 Å². The van der Waals surface area contributed by atoms with Crippen LogP contribution in [0, 0.1) is 6.92 Å². The summed E-state index contributed by atoms with van der Waals surface area (Å²) >= 11 is 1.29. The van der Waals surface area contributed by atoms with Crippen LogP contribution in [0.5, 0.6) is 0 Å². The van der Waals surface area contributed by atoms with Crippen molar-refractivity contribution in [3.8, 4) is 10.6 Å². The first-order valence-corrected chi connectivity index (χ1v) is 5.62. The van der Waals surface area contributed by atoms with Crippen LogP contribution in [0.2, 0.25) is 0 Å². The number of alkyl halides is 3. The van der Waals surface area contributed by atoms with Gasteiger partial charge in [-0.1, -0.05) is 0 Å². The predicted molar refractivity (Wildman–Crippen MR) is 60.1 cm³/mol. The van der Waals surface area contributed by atoms with E-state index in [4.69, 9.17) is 0 Å². The Kier molecular flexibility index (Phi) is 2.82. The Morgan fingerprint density at radius 3 is 2.53 bits per heavy atom. The molecule has 0 aliphatic carbocycles. The van der Waals surface area contributed by atoms with Crippen LogP contribution in [0.1, 0.15) is 11.1 Å². The summed E-state index contributed by atoms with van der Waals surface area (Å²) in [4.78, 5) is 14.3. The maximum absolute atomic E-state index is 12.5. The third kappa shape index (κ3) is 2.41. The standard InChI is InChI=1S/C11H8F3NOS/c1-6-2-3-17-10(6)8-4-7(11(12,13)14)5-9(16)15-8/h2-5H,1H3,(H,15,16). The molecule has 2 heterocycles. The molecule has 0 bridgehead atoms. The van der Waals surface area contributed by atoms with Gasteiger partial charge >= 0.3 is 6.18 Å². The van der Waals surface area contributed by atoms with Gasteiger partial charge in [0.05, 0.1) is 16.1 Å². The van der Waals surface area contributed by atoms with Crippen LogP contribution < -0.4 is 5.56 Å². The molecule has 2 aromatic rings. The zero-order valence-electron chi connectivity index (χ0n) is 8.76. The van der Waals surface area contributed by atoms with Crippen molar-refractivity contribution >= 4 is 11.3 Å². The Bertz CT molecular complexity index is 597. The van der Waals surface area contributed by atoms with E-state index in [9.17, 15) is 18.0 Å². The number of aromatic nitrogens is 1. The quantitative estimate of drug-likeness (QED) is 0.836. The van der Waals surface area contributed by atoms with Gasteiger partial charge in [-0.2, -0.15) is 13.2 Å². The topological polar surface area (TPSA) is 32.9 Å². The van der Waals surface area contributed by atoms with Gasteiger partial charge in [-0.25, -0.2) is 0 Å². The van der Waals surface area contributed by atoms with Crippen LogP contribution in [0.15, 0.2) is 28.4 Å². The SMILES string of the molecule is Cc1ccsc1-c1cc(C(F)(F)F)cc(=O)[nH]1. The average molecular weight is 259 g/mol. The average Bonchev–Trinajstić information content (AvgIpc) is 2.62. The minimum atomic E-state index is -4.51. The Balaban J connectivity index is 2.61. The normalized spacial score (nSPS) is 11.8. The second-order valence-electron chi connectivity index (χ2n) is 3.58. The molecule has 2 aromatic heterocycles. The summed E-state index contributed by atoms with van der Waals surface area (Å²) < 4.78 is 37.6. The molecule has 1 N–H and O–H groups in total. The summed E-state index contributed by atoms with van der Waals surface area (Å²) in [7, 11) is 0. The molecule has 2 nitrogen and oxygen atoms in total. The minimum absolute atomic E-state index is 0.206. The molecule has 0 saturated carbocycles. The molecule has 0 aromatic carbocycles. The van der Waals surface area contributed by atoms with Crippen LogP contribution in [-0.2, 0) is 6.18 Å². The summed E-state index contributed by atoms with van der Waals surface area (Å²) in [5.41, 5.74) is -0.631. The summed E-state index contributed by atoms with van der Waals surface area (Å²) in [5, 5.41) is 1.77. The molecular formula is C11H8F3NOS. The van der Waals surface area contributed by atoms with Crippen molar-refractivity contribution in [2.24, 2.45) is 0 Å². The maximum atomic E-state index is 12.5. The van der Waals surface area contributed by atoms with E-state index in [-0.39, 0.29) is 5.69 Å². The van der Waals surface area contributed by atoms with E-state index < -0.39 is 17.3 Å². The van der Waals surface area contributed by atoms with Gasteiger partial charge < -0.3 is 4.98 Å². The fraction of sp³-hybridized carbons (Fsp3) is 0.182. The number of nitrogens with one attached hydrogen (secondary N) is 1. The van der Waals surface area contributed by atoms with E-state index in [1.54, 1.807) is 18.4 Å². The molecule has 0 aliphatic rings. The lowest BCUT2D eigenvalue weighted by molar-refractivity contribution is -0.137. The molecule has 0 saturated heterocycles. The number of halogens is 3. The molecule has 0 radical (unpaired) electrons. The second-order valence-corrected chi connectivity index (χ2v) is 4.49. The first-order chi connectivity index (χ1) is 7.88. The molecule has 0 atom stereocenters. The summed E-state index contributed by atoms with van der Waals surface area (Å²) in [6, 6.07) is 3.31. The van der Waals surface area contributed by atoms with Gasteiger partial charge in [0.15, 0.2) is 0 Å². The number of H-pyrrole nitrogens is 1. The van der Waals surface area contributed by atoms with Crippen molar-refractivity contribution in [1.29, 1.82) is 0 Å². The molecule has 2 rings (SSSR count). The predicted octanol–water partition coefficient (Wildman–Crippen LogP) is 3.43. The monoisotopic (exact) mass is 259 g/mol. The van der Waals surface area contributed by atoms with Crippen molar-refractivity contribution in [1.82, 2.24) is 4.98 Å². The first kappa shape index (κ1) is 11.9. The van der Waals surface area contributed by atoms with Crippen molar-refractivity contribution in [3.63, 3.8) is 0 Å². The number of hydrogen-bond donors (Lipinski definition) is 1. The van der Waals surface area contributed by atoms with E-state index in [1.165, 1.54) is 11.3 Å². The van der Waals surface area contributed by atoms with Crippen molar-refractivity contribution in [2.75, 3.05) is 0 Å². The molecule has 0 amide bonds. The number of thiophene rings is 1. The van der Waals surface area contributed by atoms with Gasteiger partial charge in [-0.3, -0.25) is 4.79 Å². The van der Waals surface area contributed by atoms with Crippen molar-refractivity contribution in [3.05, 3.63) is 45.1 Å². The van der Waals surface area contributed by atoms with Gasteiger partial charge in [0.25, 0.3) is 0 Å². The van der Waals surface area contributed by atoms with E-state index >= 15 is 0 Å². The highest BCUT2D eigenvalue weighted by molar-refractivity contribution is 7.13. The van der Waals surface area contributed by atoms with Crippen LogP contribution in [0.25, 0.3) is 10.6 Å². The zero-order chi connectivity index (χ0) is 12.6. The molecule has 0 aliphatic heterocycles. The molecule has 17 heavy (non-hydrogen) atoms. The largest absolute Gasteiger partial charge is 0.416 e. The number of rotatable bonds is 1. The van der Waals surface area contributed by atoms with Gasteiger partial charge in [-0.15, -0.1) is 11.3 Å². The molecule has 90 valence electrons. The van der Waals surface area contributed by atoms with Crippen molar-refractivity contribution in [2.45, 2.75) is 13.1 Å². The molecule has 0 unspecified atom stereocenters. The van der Waals surface area contributed by atoms with Crippen LogP contribution in [0.3, 0.4) is 0 Å². The van der Waals surface area contributed by atoms with Gasteiger partial charge in [-0.05, 0) is 30.0 Å². The molecule has 6 heteroatoms. The lowest BCUT2D eigenvalue weighted by Crippen LogP contribution is -2.13. The molecule has 0 spiro atoms. The Hall–Kier alpha value is -1.56. The Labute approximate surface area is 98.7 Å². The highest BCUT2D eigenvalue weighted by atomic mass is 32.1. The van der Waals surface area contributed by atoms with Crippen molar-refractivity contribution < 1.29 is 13.2 Å². The molecular weight excluding hydrogens is 251 g/mol. The van der Waals surface area contributed by atoms with Crippen LogP contribution in [0.4, 0.5) is 13.2 Å². The van der Waals surface area contributed by atoms with E-state index in [1.807, 2.05) is 0 Å². The minimum Gasteiger partial charge on any atom is -0.321 e. The number of pyridine rings is 1. The Morgan fingerprint density at radius 2 is 2.00 bits per heavy atom. The van der Waals surface area contributed by atoms with Gasteiger partial charge in [0, 0.05) is 6.07 Å². The number of hydrogen-bond acceptors (Lipinski definition) is 2. The Morgan fingerprint density at radius 1 is 1.29 bits per heavy atom. The lowest BCUT2D eigenvalue weighted by Gasteiger charge is -2.08. The van der Waals surface area contributed by atoms with Gasteiger partial charge in [0.2, 0.25) is 5.56 Å². The summed E-state index contributed by atoms with van der Waals surface area (Å²) in [5.74, 6) is 0. The van der Waals surface area contributed by atoms with Crippen LogP contribution in [-0.4, -0.2) is 4.98 Å². The smallest absolute Gasteiger partial charge is 0.321 e. The second kappa shape index (κ2) is 4.03. The summed E-state index contributed by atoms with van der Waals surface area (Å²) in [6.45, 7) is 1.78. The molecule has 0 fully saturated rings. The third-order valence-electron chi connectivity index (χ3n) is 2.28. The fourth-order valence-electron chi connectivity index (χ4n) is 1.48. The first-order valence-electron chi connectivity index (χ1n) is 4.74. The maximum Gasteiger partial charge on any atom is 0.416 e. The zero-order valence-corrected chi connectivity index (χ0v) is 9.58. The van der Waals surface area contributed by atoms with Crippen LogP contribution >= 0.6 is 11.3 Å². The number of aryl methyl sites for hydroxylation is 1. The van der Waals surface area contributed by atoms with Gasteiger partial charge in [0.1, 0.15) is 0 Å². The highest BCUT2D eigenvalue weighted by Gasteiger charge is 2.31. The van der Waals surface area contributed by atoms with E-state index in [2.05, 4.69) is 4.98 Å².